The maximum Gasteiger partial charge on any atom is 0.192 e. The number of allylic oxidation sites excluding steroid dienone is 2. The molecule has 72 heavy (non-hydrogen) atoms. The largest absolute Gasteiger partial charge is 0.410 e. The number of benzene rings is 6. The highest BCUT2D eigenvalue weighted by atomic mass is 28.4. The highest BCUT2D eigenvalue weighted by molar-refractivity contribution is 6.74. The Morgan fingerprint density at radius 1 is 0.472 bits per heavy atom. The van der Waals surface area contributed by atoms with Crippen molar-refractivity contribution in [3.8, 4) is 6.07 Å². The van der Waals surface area contributed by atoms with Crippen LogP contribution >= 0.6 is 0 Å². The van der Waals surface area contributed by atoms with E-state index in [-0.39, 0.29) is 22.3 Å². The minimum Gasteiger partial charge on any atom is -0.410 e. The molecule has 0 N–H and O–H groups in total. The van der Waals surface area contributed by atoms with E-state index >= 15 is 0 Å². The summed E-state index contributed by atoms with van der Waals surface area (Å²) in [5.41, 5.74) is 8.49. The summed E-state index contributed by atoms with van der Waals surface area (Å²) < 4.78 is 13.8. The second kappa shape index (κ2) is 23.0. The van der Waals surface area contributed by atoms with Gasteiger partial charge in [0.15, 0.2) is 16.6 Å². The molecule has 8 heteroatoms. The number of rotatable bonds is 13. The Bertz CT molecular complexity index is 2570. The number of hydrogen-bond acceptors (Lipinski definition) is 6. The lowest BCUT2D eigenvalue weighted by atomic mass is 9.74. The topological polar surface area (TPSA) is 65.8 Å². The second-order valence-corrected chi connectivity index (χ2v) is 32.0. The van der Waals surface area contributed by atoms with Gasteiger partial charge in [-0.3, -0.25) is 14.6 Å². The average molecular weight is 993 g/mol. The van der Waals surface area contributed by atoms with Gasteiger partial charge < -0.3 is 8.85 Å². The van der Waals surface area contributed by atoms with Crippen molar-refractivity contribution in [1.82, 2.24) is 9.80 Å². The molecular formula is C64H77N3O3Si2. The van der Waals surface area contributed by atoms with Crippen molar-refractivity contribution in [3.63, 3.8) is 0 Å². The molecule has 0 aliphatic carbocycles. The van der Waals surface area contributed by atoms with Crippen LogP contribution in [0.1, 0.15) is 87.8 Å². The van der Waals surface area contributed by atoms with Gasteiger partial charge in [-0.2, -0.15) is 5.26 Å². The van der Waals surface area contributed by atoms with E-state index in [1.165, 1.54) is 33.4 Å². The van der Waals surface area contributed by atoms with Gasteiger partial charge in [-0.05, 0) is 99.7 Å². The van der Waals surface area contributed by atoms with Crippen molar-refractivity contribution in [2.75, 3.05) is 26.2 Å². The molecule has 8 rings (SSSR count). The first kappa shape index (κ1) is 54.0. The highest BCUT2D eigenvalue weighted by Crippen LogP contribution is 2.48. The smallest absolute Gasteiger partial charge is 0.192 e. The van der Waals surface area contributed by atoms with Gasteiger partial charge in [0.1, 0.15) is 6.29 Å². The number of hydrogen-bond donors (Lipinski definition) is 0. The third-order valence-corrected chi connectivity index (χ3v) is 25.0. The number of likely N-dealkylation sites (tertiary alicyclic amines) is 2. The molecule has 0 aromatic heterocycles. The molecule has 0 saturated carbocycles. The summed E-state index contributed by atoms with van der Waals surface area (Å²) in [4.78, 5) is 16.9. The van der Waals surface area contributed by atoms with Gasteiger partial charge in [0, 0.05) is 32.3 Å². The zero-order valence-electron chi connectivity index (χ0n) is 44.5. The van der Waals surface area contributed by atoms with Gasteiger partial charge in [-0.1, -0.05) is 224 Å². The molecule has 6 aromatic carbocycles. The van der Waals surface area contributed by atoms with Crippen molar-refractivity contribution in [3.05, 3.63) is 239 Å². The molecule has 2 aliphatic heterocycles. The number of nitriles is 1. The maximum atomic E-state index is 11.8. The first-order chi connectivity index (χ1) is 34.4. The first-order valence-electron chi connectivity index (χ1n) is 25.8. The third kappa shape index (κ3) is 11.4. The normalized spacial score (nSPS) is 18.7. The van der Waals surface area contributed by atoms with Gasteiger partial charge in [-0.15, -0.1) is 0 Å². The molecule has 2 heterocycles. The summed E-state index contributed by atoms with van der Waals surface area (Å²) in [7, 11) is -3.99. The zero-order valence-corrected chi connectivity index (χ0v) is 46.5. The minimum atomic E-state index is -2.00. The average Bonchev–Trinajstić information content (AvgIpc) is 3.37. The molecule has 2 fully saturated rings. The minimum absolute atomic E-state index is 0.0261. The Morgan fingerprint density at radius 2 is 0.736 bits per heavy atom. The summed E-state index contributed by atoms with van der Waals surface area (Å²) in [5.74, 6) is 0. The molecule has 2 atom stereocenters. The molecule has 6 nitrogen and oxygen atoms in total. The van der Waals surface area contributed by atoms with Gasteiger partial charge in [-0.25, -0.2) is 0 Å². The van der Waals surface area contributed by atoms with E-state index in [9.17, 15) is 10.1 Å². The van der Waals surface area contributed by atoms with E-state index in [0.717, 1.165) is 43.4 Å². The van der Waals surface area contributed by atoms with Crippen molar-refractivity contribution in [2.45, 2.75) is 114 Å². The van der Waals surface area contributed by atoms with Gasteiger partial charge in [0.05, 0.1) is 29.4 Å². The van der Waals surface area contributed by atoms with Gasteiger partial charge in [0.25, 0.3) is 0 Å². The Balaban J connectivity index is 0.000000211. The van der Waals surface area contributed by atoms with Crippen LogP contribution in [0.25, 0.3) is 0 Å². The van der Waals surface area contributed by atoms with Crippen molar-refractivity contribution in [1.29, 1.82) is 5.26 Å². The number of carbonyl (C=O) groups is 1. The Kier molecular flexibility index (Phi) is 17.2. The van der Waals surface area contributed by atoms with Crippen LogP contribution in [0.15, 0.2) is 205 Å². The van der Waals surface area contributed by atoms with Crippen molar-refractivity contribution >= 4 is 22.9 Å². The fraction of sp³-hybridized carbons (Fsp3) is 0.344. The Morgan fingerprint density at radius 3 is 0.986 bits per heavy atom. The zero-order chi connectivity index (χ0) is 51.6. The lowest BCUT2D eigenvalue weighted by Crippen LogP contribution is -2.55. The lowest BCUT2D eigenvalue weighted by Gasteiger charge is -2.50. The van der Waals surface area contributed by atoms with Crippen molar-refractivity contribution < 1.29 is 13.6 Å². The Hall–Kier alpha value is -5.77. The molecule has 0 spiro atoms. The van der Waals surface area contributed by atoms with E-state index < -0.39 is 27.7 Å². The molecule has 2 unspecified atom stereocenters. The molecule has 2 saturated heterocycles. The van der Waals surface area contributed by atoms with E-state index in [2.05, 4.69) is 266 Å². The fourth-order valence-corrected chi connectivity index (χ4v) is 12.9. The van der Waals surface area contributed by atoms with Crippen LogP contribution in [-0.4, -0.2) is 71.1 Å². The molecule has 6 aromatic rings. The van der Waals surface area contributed by atoms with E-state index in [1.54, 1.807) is 12.2 Å². The van der Waals surface area contributed by atoms with Crippen LogP contribution in [0.4, 0.5) is 0 Å². The quantitative estimate of drug-likeness (QED) is 0.0378. The predicted octanol–water partition coefficient (Wildman–Crippen LogP) is 14.7. The summed E-state index contributed by atoms with van der Waals surface area (Å²) in [5, 5.41) is 9.97. The number of nitrogens with zero attached hydrogens (tertiary/aromatic N) is 3. The highest BCUT2D eigenvalue weighted by Gasteiger charge is 2.48. The predicted molar refractivity (Wildman–Crippen MR) is 303 cm³/mol. The molecule has 0 radical (unpaired) electrons. The Labute approximate surface area is 434 Å². The van der Waals surface area contributed by atoms with Crippen LogP contribution in [0, 0.1) is 11.3 Å². The maximum absolute atomic E-state index is 11.8. The van der Waals surface area contributed by atoms with Crippen LogP contribution in [0.2, 0.25) is 36.3 Å². The van der Waals surface area contributed by atoms with Crippen LogP contribution in [0.3, 0.4) is 0 Å². The second-order valence-electron chi connectivity index (χ2n) is 22.5. The summed E-state index contributed by atoms with van der Waals surface area (Å²) >= 11 is 0. The summed E-state index contributed by atoms with van der Waals surface area (Å²) in [6.07, 6.45) is 6.05. The summed E-state index contributed by atoms with van der Waals surface area (Å²) in [6, 6.07) is 66.9. The summed E-state index contributed by atoms with van der Waals surface area (Å²) in [6.45, 7) is 25.8. The van der Waals surface area contributed by atoms with Gasteiger partial charge >= 0.3 is 0 Å². The van der Waals surface area contributed by atoms with Crippen LogP contribution in [-0.2, 0) is 24.7 Å². The molecule has 374 valence electrons. The van der Waals surface area contributed by atoms with E-state index in [4.69, 9.17) is 8.85 Å². The standard InChI is InChI=1S/C32H38N2OSi.C32H39NO2Si/c1-31(2,3)36(4,5)35-30-22-24-34(25-26(30)21-23-33)32(27-15-9-6-10-16-27,28-17-11-7-12-18-28)29-19-13-8-14-20-29;1-31(2,3)36(4,5)35-30-21-23-33(25-26(30)22-24-34)32(27-15-9-6-10-16-27,28-17-11-7-12-18-28)29-19-13-8-14-20-29/h6-21,30H,22,24-25H2,1-5H3;6-20,22,24,30H,21,23,25H2,1-5H3/b26-21+;26-22+. The molecular weight excluding hydrogens is 915 g/mol. The number of piperidine rings is 2. The third-order valence-electron chi connectivity index (χ3n) is 16.0. The monoisotopic (exact) mass is 992 g/mol. The SMILES string of the molecule is CC(C)(C)[Si](C)(C)OC1CCN(C(c2ccccc2)(c2ccccc2)c2ccccc2)C/C1=C\C#N.CC(C)(C)[Si](C)(C)OC1CCN(C(c2ccccc2)(c2ccccc2)c2ccccc2)C/C1=C\C=O. The van der Waals surface area contributed by atoms with Crippen molar-refractivity contribution in [2.24, 2.45) is 0 Å². The molecule has 0 bridgehead atoms. The van der Waals surface area contributed by atoms with E-state index in [1.807, 2.05) is 0 Å². The fourth-order valence-electron chi connectivity index (χ4n) is 10.3. The van der Waals surface area contributed by atoms with Gasteiger partial charge in [0.2, 0.25) is 0 Å². The number of carbonyl (C=O) groups excluding carboxylic acids is 1. The first-order valence-corrected chi connectivity index (χ1v) is 31.6. The number of aldehydes is 1. The van der Waals surface area contributed by atoms with Crippen LogP contribution < -0.4 is 0 Å². The van der Waals surface area contributed by atoms with Crippen LogP contribution in [0.5, 0.6) is 0 Å². The molecule has 0 amide bonds. The molecule has 2 aliphatic rings. The lowest BCUT2D eigenvalue weighted by molar-refractivity contribution is -0.104. The van der Waals surface area contributed by atoms with E-state index in [0.29, 0.717) is 13.1 Å².